The Labute approximate surface area is 187 Å². The summed E-state index contributed by atoms with van der Waals surface area (Å²) in [6.45, 7) is -0.301. The van der Waals surface area contributed by atoms with Gasteiger partial charge in [0.15, 0.2) is 6.61 Å². The van der Waals surface area contributed by atoms with Gasteiger partial charge in [-0.05, 0) is 12.1 Å². The second-order valence-electron chi connectivity index (χ2n) is 6.01. The number of ether oxygens (including phenoxy) is 1. The number of carbonyl (C=O) groups is 1. The van der Waals surface area contributed by atoms with Crippen LogP contribution in [0.4, 0.5) is 18.9 Å². The highest BCUT2D eigenvalue weighted by atomic mass is 35.5. The Hall–Kier alpha value is -2.57. The molecule has 0 aliphatic rings. The minimum atomic E-state index is -4.64. The number of nitro groups is 1. The maximum Gasteiger partial charge on any atom is 0.465 e. The third-order valence-corrected chi connectivity index (χ3v) is 4.98. The van der Waals surface area contributed by atoms with Gasteiger partial charge < -0.3 is 10.1 Å². The Morgan fingerprint density at radius 3 is 2.61 bits per heavy atom. The Bertz CT molecular complexity index is 994. The van der Waals surface area contributed by atoms with Crippen molar-refractivity contribution in [3.63, 3.8) is 0 Å². The zero-order valence-electron chi connectivity index (χ0n) is 15.3. The van der Waals surface area contributed by atoms with Crippen LogP contribution in [0.1, 0.15) is 22.3 Å². The summed E-state index contributed by atoms with van der Waals surface area (Å²) in [7, 11) is 0. The highest BCUT2D eigenvalue weighted by Crippen LogP contribution is 2.32. The molecule has 0 bridgehead atoms. The lowest BCUT2D eigenvalue weighted by atomic mass is 10.2. The van der Waals surface area contributed by atoms with Gasteiger partial charge in [-0.3, -0.25) is 14.9 Å². The SMILES string of the molecule is O=[S+]C(CCNC(=O)c1cc([N+](=O)[O-])ccc1Cl)COc1cc(C(F)(F)F)cc(Cl)n1. The maximum atomic E-state index is 12.8. The van der Waals surface area contributed by atoms with E-state index in [9.17, 15) is 32.3 Å². The molecule has 31 heavy (non-hydrogen) atoms. The number of nitrogens with zero attached hydrogens (tertiary/aromatic N) is 2. The van der Waals surface area contributed by atoms with E-state index in [2.05, 4.69) is 10.3 Å². The molecule has 0 saturated heterocycles. The van der Waals surface area contributed by atoms with Crippen LogP contribution in [-0.4, -0.2) is 34.2 Å². The normalized spacial score (nSPS) is 12.2. The first kappa shape index (κ1) is 24.7. The number of nitrogens with one attached hydrogen (secondary N) is 1. The molecule has 0 radical (unpaired) electrons. The number of halogens is 5. The first-order valence-corrected chi connectivity index (χ1v) is 9.95. The Morgan fingerprint density at radius 2 is 2.00 bits per heavy atom. The number of amides is 1. The third kappa shape index (κ3) is 7.26. The van der Waals surface area contributed by atoms with Crippen molar-refractivity contribution < 1.29 is 31.8 Å². The van der Waals surface area contributed by atoms with Crippen molar-refractivity contribution in [3.05, 3.63) is 61.7 Å². The topological polar surface area (TPSA) is 111 Å². The number of carbonyl (C=O) groups excluding carboxylic acids is 1. The summed E-state index contributed by atoms with van der Waals surface area (Å²) in [4.78, 5) is 26.0. The molecule has 2 rings (SSSR count). The van der Waals surface area contributed by atoms with Crippen molar-refractivity contribution in [2.45, 2.75) is 17.8 Å². The monoisotopic (exact) mass is 498 g/mol. The van der Waals surface area contributed by atoms with Crippen molar-refractivity contribution in [2.24, 2.45) is 0 Å². The summed E-state index contributed by atoms with van der Waals surface area (Å²) < 4.78 is 54.8. The van der Waals surface area contributed by atoms with E-state index in [0.29, 0.717) is 12.1 Å². The summed E-state index contributed by atoms with van der Waals surface area (Å²) in [5.41, 5.74) is -1.47. The fraction of sp³-hybridized carbons (Fsp3) is 0.294. The van der Waals surface area contributed by atoms with Crippen LogP contribution in [0, 0.1) is 10.1 Å². The molecule has 1 heterocycles. The van der Waals surface area contributed by atoms with Gasteiger partial charge in [0.05, 0.1) is 21.1 Å². The summed E-state index contributed by atoms with van der Waals surface area (Å²) in [6, 6.07) is 4.68. The quantitative estimate of drug-likeness (QED) is 0.238. The summed E-state index contributed by atoms with van der Waals surface area (Å²) in [5.74, 6) is -1.08. The number of rotatable bonds is 9. The van der Waals surface area contributed by atoms with Gasteiger partial charge in [-0.2, -0.15) is 13.2 Å². The van der Waals surface area contributed by atoms with Crippen LogP contribution < -0.4 is 10.1 Å². The molecule has 0 aliphatic heterocycles. The van der Waals surface area contributed by atoms with E-state index < -0.39 is 38.9 Å². The number of hydrogen-bond acceptors (Lipinski definition) is 6. The minimum Gasteiger partial charge on any atom is -0.471 e. The molecule has 1 amide bonds. The van der Waals surface area contributed by atoms with Gasteiger partial charge in [-0.15, -0.1) is 0 Å². The Morgan fingerprint density at radius 1 is 1.29 bits per heavy atom. The van der Waals surface area contributed by atoms with Crippen LogP contribution >= 0.6 is 23.2 Å². The lowest BCUT2D eigenvalue weighted by Crippen LogP contribution is -2.29. The Kier molecular flexibility index (Phi) is 8.48. The molecule has 0 fully saturated rings. The maximum absolute atomic E-state index is 12.8. The molecule has 2 aromatic rings. The first-order chi connectivity index (χ1) is 14.5. The zero-order chi connectivity index (χ0) is 23.2. The fourth-order valence-corrected chi connectivity index (χ4v) is 3.03. The average Bonchev–Trinajstić information content (AvgIpc) is 2.69. The van der Waals surface area contributed by atoms with Crippen LogP contribution in [0.25, 0.3) is 0 Å². The van der Waals surface area contributed by atoms with E-state index >= 15 is 0 Å². The van der Waals surface area contributed by atoms with Gasteiger partial charge in [-0.25, -0.2) is 4.98 Å². The summed E-state index contributed by atoms with van der Waals surface area (Å²) in [6.07, 6.45) is -4.55. The van der Waals surface area contributed by atoms with Crippen molar-refractivity contribution in [3.8, 4) is 5.88 Å². The van der Waals surface area contributed by atoms with E-state index in [1.54, 1.807) is 0 Å². The van der Waals surface area contributed by atoms with Crippen molar-refractivity contribution in [1.29, 1.82) is 0 Å². The number of nitro benzene ring substituents is 1. The van der Waals surface area contributed by atoms with Gasteiger partial charge in [0, 0.05) is 35.4 Å². The van der Waals surface area contributed by atoms with Gasteiger partial charge in [0.1, 0.15) is 5.15 Å². The molecule has 0 aliphatic carbocycles. The van der Waals surface area contributed by atoms with Crippen LogP contribution in [0.15, 0.2) is 30.3 Å². The van der Waals surface area contributed by atoms with Gasteiger partial charge in [0.2, 0.25) is 5.88 Å². The largest absolute Gasteiger partial charge is 0.471 e. The predicted molar refractivity (Wildman–Crippen MR) is 107 cm³/mol. The van der Waals surface area contributed by atoms with Crippen molar-refractivity contribution in [1.82, 2.24) is 10.3 Å². The molecule has 1 atom stereocenters. The molecular formula is C17H13Cl2F3N3O5S+. The van der Waals surface area contributed by atoms with E-state index in [1.165, 1.54) is 6.07 Å². The fourth-order valence-electron chi connectivity index (χ4n) is 2.29. The van der Waals surface area contributed by atoms with E-state index in [4.69, 9.17) is 27.9 Å². The molecule has 0 saturated carbocycles. The number of benzene rings is 1. The summed E-state index contributed by atoms with van der Waals surface area (Å²) in [5, 5.41) is 12.1. The molecule has 1 unspecified atom stereocenters. The van der Waals surface area contributed by atoms with Gasteiger partial charge >= 0.3 is 17.8 Å². The van der Waals surface area contributed by atoms with Gasteiger partial charge in [0.25, 0.3) is 16.8 Å². The highest BCUT2D eigenvalue weighted by molar-refractivity contribution is 7.66. The molecule has 14 heteroatoms. The molecule has 166 valence electrons. The zero-order valence-corrected chi connectivity index (χ0v) is 17.6. The number of non-ortho nitro benzene ring substituents is 1. The van der Waals surface area contributed by atoms with Crippen molar-refractivity contribution >= 4 is 46.5 Å². The molecule has 8 nitrogen and oxygen atoms in total. The molecule has 1 N–H and O–H groups in total. The van der Waals surface area contributed by atoms with Crippen LogP contribution in [-0.2, 0) is 22.1 Å². The minimum absolute atomic E-state index is 0.00804. The number of hydrogen-bond donors (Lipinski definition) is 1. The Balaban J connectivity index is 1.93. The predicted octanol–water partition coefficient (Wildman–Crippen LogP) is 4.31. The molecular weight excluding hydrogens is 486 g/mol. The molecule has 1 aromatic carbocycles. The highest BCUT2D eigenvalue weighted by Gasteiger charge is 2.32. The standard InChI is InChI=1S/C17H12Cl2F3N3O5S/c18-13-2-1-10(25(27)28)7-12(13)16(26)23-4-3-11(31-29)8-30-15-6-9(17(20,21)22)5-14(19)24-15/h1-2,5-7,11H,3-4,8H2/p+1. The molecule has 1 aromatic heterocycles. The van der Waals surface area contributed by atoms with Crippen LogP contribution in [0.5, 0.6) is 5.88 Å². The second kappa shape index (κ2) is 10.6. The molecule has 0 spiro atoms. The number of alkyl halides is 3. The number of aromatic nitrogens is 1. The lowest BCUT2D eigenvalue weighted by Gasteiger charge is -2.10. The third-order valence-electron chi connectivity index (χ3n) is 3.81. The lowest BCUT2D eigenvalue weighted by molar-refractivity contribution is -0.384. The average molecular weight is 499 g/mol. The van der Waals surface area contributed by atoms with Crippen LogP contribution in [0.3, 0.4) is 0 Å². The number of pyridine rings is 1. The smallest absolute Gasteiger partial charge is 0.465 e. The summed E-state index contributed by atoms with van der Waals surface area (Å²) >= 11 is 11.6. The van der Waals surface area contributed by atoms with Crippen LogP contribution in [0.2, 0.25) is 10.2 Å². The van der Waals surface area contributed by atoms with Crippen molar-refractivity contribution in [2.75, 3.05) is 13.2 Å². The van der Waals surface area contributed by atoms with E-state index in [-0.39, 0.29) is 47.5 Å². The second-order valence-corrected chi connectivity index (χ2v) is 7.66. The first-order valence-electron chi connectivity index (χ1n) is 8.39. The van der Waals surface area contributed by atoms with E-state index in [0.717, 1.165) is 12.1 Å². The van der Waals surface area contributed by atoms with E-state index in [1.807, 2.05) is 0 Å². The van der Waals surface area contributed by atoms with Gasteiger partial charge in [-0.1, -0.05) is 23.2 Å².